The molecular weight excluding hydrogens is 480 g/mol. The third-order valence-corrected chi connectivity index (χ3v) is 7.52. The first-order valence-corrected chi connectivity index (χ1v) is 13.0. The van der Waals surface area contributed by atoms with Crippen molar-refractivity contribution in [2.45, 2.75) is 58.7 Å². The monoisotopic (exact) mass is 515 g/mol. The first-order valence-electron chi connectivity index (χ1n) is 12.0. The lowest BCUT2D eigenvalue weighted by molar-refractivity contribution is -0.910. The molecule has 0 saturated carbocycles. The van der Waals surface area contributed by atoms with Crippen LogP contribution in [-0.2, 0) is 11.4 Å². The van der Waals surface area contributed by atoms with Crippen LogP contribution in [0.3, 0.4) is 0 Å². The highest BCUT2D eigenvalue weighted by molar-refractivity contribution is 7.07. The molecule has 0 unspecified atom stereocenters. The van der Waals surface area contributed by atoms with Gasteiger partial charge in [0.05, 0.1) is 7.11 Å². The lowest BCUT2D eigenvalue weighted by atomic mass is 10.0. The van der Waals surface area contributed by atoms with Crippen LogP contribution in [0.1, 0.15) is 59.1 Å². The van der Waals surface area contributed by atoms with Gasteiger partial charge in [-0.2, -0.15) is 16.6 Å². The van der Waals surface area contributed by atoms with Gasteiger partial charge in [0.2, 0.25) is 5.69 Å². The van der Waals surface area contributed by atoms with Gasteiger partial charge in [-0.05, 0) is 61.1 Å². The molecule has 1 atom stereocenters. The minimum atomic E-state index is -0.267. The van der Waals surface area contributed by atoms with Crippen LogP contribution in [0.4, 0.5) is 4.79 Å². The zero-order valence-corrected chi connectivity index (χ0v) is 22.1. The van der Waals surface area contributed by atoms with Gasteiger partial charge in [0.1, 0.15) is 5.56 Å². The maximum atomic E-state index is 12.8. The van der Waals surface area contributed by atoms with E-state index in [4.69, 9.17) is 10.1 Å². The number of hydrogen-bond acceptors (Lipinski definition) is 7. The number of rotatable bonds is 9. The number of piperidine rings is 1. The smallest absolute Gasteiger partial charge is 0.341 e. The molecule has 0 aliphatic carbocycles. The summed E-state index contributed by atoms with van der Waals surface area (Å²) in [5.74, 6) is -0.267. The highest BCUT2D eigenvalue weighted by Gasteiger charge is 2.30. The third-order valence-electron chi connectivity index (χ3n) is 6.79. The Balaban J connectivity index is 1.51. The van der Waals surface area contributed by atoms with Gasteiger partial charge >= 0.3 is 11.7 Å². The Morgan fingerprint density at radius 2 is 2.11 bits per heavy atom. The summed E-state index contributed by atoms with van der Waals surface area (Å²) in [5.41, 5.74) is 5.02. The van der Waals surface area contributed by atoms with E-state index < -0.39 is 0 Å². The summed E-state index contributed by atoms with van der Waals surface area (Å²) >= 11 is 1.62. The van der Waals surface area contributed by atoms with Crippen LogP contribution in [0.15, 0.2) is 22.9 Å². The molecule has 3 rings (SSSR count). The van der Waals surface area contributed by atoms with Gasteiger partial charge in [0, 0.05) is 56.0 Å². The van der Waals surface area contributed by atoms with E-state index in [1.165, 1.54) is 13.2 Å². The Labute approximate surface area is 216 Å². The fraction of sp³-hybridized carbons (Fsp3) is 0.520. The molecule has 3 N–H and O–H groups in total. The van der Waals surface area contributed by atoms with E-state index in [0.29, 0.717) is 29.9 Å². The van der Waals surface area contributed by atoms with Crippen molar-refractivity contribution in [2.75, 3.05) is 26.7 Å². The van der Waals surface area contributed by atoms with E-state index in [9.17, 15) is 14.8 Å². The Bertz CT molecular complexity index is 1090. The van der Waals surface area contributed by atoms with E-state index in [1.807, 2.05) is 22.4 Å². The molecule has 36 heavy (non-hydrogen) atoms. The number of hydroxylamine groups is 1. The highest BCUT2D eigenvalue weighted by Crippen LogP contribution is 2.22. The van der Waals surface area contributed by atoms with E-state index in [-0.39, 0.29) is 29.7 Å². The normalized spacial score (nSPS) is 15.2. The SMILES string of the molecule is CONC(=O)N(Cc1ccsc1)C1CCN([C@H](C)CCNC(=O)c2c(C)cc(C#N)[n+](O)c2C)CC1. The molecule has 0 spiro atoms. The number of aromatic nitrogens is 1. The van der Waals surface area contributed by atoms with Crippen molar-refractivity contribution in [3.8, 4) is 6.07 Å². The molecule has 11 heteroatoms. The Morgan fingerprint density at radius 1 is 1.39 bits per heavy atom. The number of aryl methyl sites for hydroxylation is 1. The van der Waals surface area contributed by atoms with Crippen LogP contribution in [0, 0.1) is 25.2 Å². The molecule has 2 aromatic rings. The average molecular weight is 516 g/mol. The largest absolute Gasteiger partial charge is 0.352 e. The Morgan fingerprint density at radius 3 is 2.72 bits per heavy atom. The van der Waals surface area contributed by atoms with Crippen molar-refractivity contribution in [2.24, 2.45) is 0 Å². The van der Waals surface area contributed by atoms with Crippen LogP contribution in [0.25, 0.3) is 0 Å². The van der Waals surface area contributed by atoms with Crippen LogP contribution in [0.5, 0.6) is 0 Å². The topological polar surface area (TPSA) is 122 Å². The van der Waals surface area contributed by atoms with Crippen molar-refractivity contribution in [3.63, 3.8) is 0 Å². The summed E-state index contributed by atoms with van der Waals surface area (Å²) in [6.07, 6.45) is 2.49. The molecule has 0 aromatic carbocycles. The second-order valence-electron chi connectivity index (χ2n) is 9.13. The number of hydrogen-bond donors (Lipinski definition) is 3. The number of thiophene rings is 1. The molecule has 3 amide bonds. The summed E-state index contributed by atoms with van der Waals surface area (Å²) < 4.78 is 0.753. The lowest BCUT2D eigenvalue weighted by Crippen LogP contribution is -2.51. The lowest BCUT2D eigenvalue weighted by Gasteiger charge is -2.40. The van der Waals surface area contributed by atoms with Crippen molar-refractivity contribution >= 4 is 23.3 Å². The maximum absolute atomic E-state index is 12.8. The molecular formula is C25H35N6O4S+. The van der Waals surface area contributed by atoms with Crippen molar-refractivity contribution in [1.29, 1.82) is 5.26 Å². The van der Waals surface area contributed by atoms with E-state index >= 15 is 0 Å². The quantitative estimate of drug-likeness (QED) is 0.268. The third kappa shape index (κ3) is 6.51. The molecule has 2 aromatic heterocycles. The number of carbonyl (C=O) groups is 2. The van der Waals surface area contributed by atoms with Crippen LogP contribution >= 0.6 is 11.3 Å². The van der Waals surface area contributed by atoms with Gasteiger partial charge in [-0.1, -0.05) is 0 Å². The number of pyridine rings is 1. The van der Waals surface area contributed by atoms with Gasteiger partial charge in [-0.15, -0.1) is 0 Å². The maximum Gasteiger partial charge on any atom is 0.341 e. The molecule has 10 nitrogen and oxygen atoms in total. The summed E-state index contributed by atoms with van der Waals surface area (Å²) in [6, 6.07) is 5.60. The number of nitrogens with zero attached hydrogens (tertiary/aromatic N) is 4. The Hall–Kier alpha value is -3.20. The zero-order valence-electron chi connectivity index (χ0n) is 21.3. The summed E-state index contributed by atoms with van der Waals surface area (Å²) in [7, 11) is 1.44. The fourth-order valence-corrected chi connectivity index (χ4v) is 5.39. The number of likely N-dealkylation sites (tertiary alicyclic amines) is 1. The van der Waals surface area contributed by atoms with Crippen molar-refractivity contribution in [3.05, 3.63) is 51.0 Å². The van der Waals surface area contributed by atoms with Gasteiger partial charge in [0.15, 0.2) is 6.07 Å². The predicted octanol–water partition coefficient (Wildman–Crippen LogP) is 2.51. The minimum Gasteiger partial charge on any atom is -0.352 e. The standard InChI is InChI=1S/C25H34N6O4S/c1-17-13-22(14-26)31(34)19(3)23(17)24(32)27-9-5-18(2)29-10-6-21(7-11-29)30(25(33)28-35-4)15-20-8-12-36-16-20/h8,12-13,16,18,21H,5-7,9-11,15H2,1-4H3,(H2-,27,28,32,33,34)/p+1/t18-/m1/s1. The first kappa shape index (κ1) is 27.4. The van der Waals surface area contributed by atoms with E-state index in [2.05, 4.69) is 28.0 Å². The minimum absolute atomic E-state index is 0.0900. The molecule has 0 radical (unpaired) electrons. The zero-order chi connectivity index (χ0) is 26.2. The Kier molecular flexibility index (Phi) is 9.64. The molecule has 1 aliphatic heterocycles. The van der Waals surface area contributed by atoms with Crippen molar-refractivity contribution in [1.82, 2.24) is 20.6 Å². The molecule has 194 valence electrons. The van der Waals surface area contributed by atoms with Crippen LogP contribution in [-0.4, -0.2) is 65.8 Å². The van der Waals surface area contributed by atoms with Gasteiger partial charge in [0.25, 0.3) is 5.91 Å². The number of urea groups is 1. The second kappa shape index (κ2) is 12.7. The van der Waals surface area contributed by atoms with E-state index in [1.54, 1.807) is 25.2 Å². The molecule has 1 saturated heterocycles. The van der Waals surface area contributed by atoms with E-state index in [0.717, 1.165) is 42.6 Å². The number of nitrogens with one attached hydrogen (secondary N) is 2. The molecule has 3 heterocycles. The van der Waals surface area contributed by atoms with Crippen molar-refractivity contribution < 1.29 is 24.4 Å². The highest BCUT2D eigenvalue weighted by atomic mass is 32.1. The van der Waals surface area contributed by atoms with Gasteiger partial charge in [-0.25, -0.2) is 10.3 Å². The predicted molar refractivity (Wildman–Crippen MR) is 134 cm³/mol. The molecule has 0 bridgehead atoms. The number of carbonyl (C=O) groups excluding carboxylic acids is 2. The van der Waals surface area contributed by atoms with Gasteiger partial charge in [-0.3, -0.25) is 14.8 Å². The average Bonchev–Trinajstić information content (AvgIpc) is 3.38. The van der Waals surface area contributed by atoms with Crippen LogP contribution < -0.4 is 15.5 Å². The number of amides is 3. The molecule has 1 fully saturated rings. The van der Waals surface area contributed by atoms with Crippen LogP contribution in [0.2, 0.25) is 0 Å². The summed E-state index contributed by atoms with van der Waals surface area (Å²) in [4.78, 5) is 34.5. The molecule has 1 aliphatic rings. The summed E-state index contributed by atoms with van der Waals surface area (Å²) in [6.45, 7) is 8.27. The number of nitriles is 1. The van der Waals surface area contributed by atoms with Gasteiger partial charge < -0.3 is 15.1 Å². The first-order chi connectivity index (χ1) is 17.3. The summed E-state index contributed by atoms with van der Waals surface area (Å²) in [5, 5.41) is 26.2. The second-order valence-corrected chi connectivity index (χ2v) is 9.91. The fourth-order valence-electron chi connectivity index (χ4n) is 4.73.